The van der Waals surface area contributed by atoms with Crippen molar-refractivity contribution in [3.63, 3.8) is 0 Å². The Morgan fingerprint density at radius 2 is 2.00 bits per heavy atom. The first-order chi connectivity index (χ1) is 12.2. The molecule has 0 bridgehead atoms. The van der Waals surface area contributed by atoms with Crippen LogP contribution in [0.4, 0.5) is 0 Å². The van der Waals surface area contributed by atoms with Crippen LogP contribution in [0.1, 0.15) is 35.8 Å². The van der Waals surface area contributed by atoms with Crippen LogP contribution in [0, 0.1) is 6.92 Å². The zero-order chi connectivity index (χ0) is 17.5. The Kier molecular flexibility index (Phi) is 5.73. The average Bonchev–Trinajstić information content (AvgIpc) is 3.30. The van der Waals surface area contributed by atoms with Gasteiger partial charge in [-0.15, -0.1) is 0 Å². The molecular weight excluding hydrogens is 312 g/mol. The van der Waals surface area contributed by atoms with Crippen molar-refractivity contribution in [3.8, 4) is 0 Å². The summed E-state index contributed by atoms with van der Waals surface area (Å²) in [6.07, 6.45) is 7.84. The summed E-state index contributed by atoms with van der Waals surface area (Å²) in [5.41, 5.74) is 2.36. The third kappa shape index (κ3) is 4.86. The number of aromatic nitrogens is 1. The molecule has 0 aliphatic carbocycles. The first kappa shape index (κ1) is 17.1. The molecule has 0 spiro atoms. The quantitative estimate of drug-likeness (QED) is 0.629. The normalized spacial score (nSPS) is 12.0. The van der Waals surface area contributed by atoms with Crippen LogP contribution in [-0.4, -0.2) is 17.0 Å². The molecule has 0 saturated carbocycles. The third-order valence-electron chi connectivity index (χ3n) is 4.30. The van der Waals surface area contributed by atoms with E-state index in [1.165, 1.54) is 5.56 Å². The molecule has 0 fully saturated rings. The van der Waals surface area contributed by atoms with Gasteiger partial charge in [0.15, 0.2) is 0 Å². The Balaban J connectivity index is 1.57. The number of hydrogen-bond donors (Lipinski definition) is 1. The van der Waals surface area contributed by atoms with Crippen LogP contribution < -0.4 is 5.32 Å². The van der Waals surface area contributed by atoms with Crippen molar-refractivity contribution in [1.29, 1.82) is 0 Å². The van der Waals surface area contributed by atoms with Gasteiger partial charge in [0.1, 0.15) is 5.76 Å². The molecule has 0 saturated heterocycles. The minimum absolute atomic E-state index is 0.0139. The van der Waals surface area contributed by atoms with Crippen molar-refractivity contribution in [1.82, 2.24) is 9.88 Å². The van der Waals surface area contributed by atoms with Gasteiger partial charge in [-0.1, -0.05) is 29.8 Å². The molecule has 1 unspecified atom stereocenters. The van der Waals surface area contributed by atoms with Crippen LogP contribution in [0.2, 0.25) is 0 Å². The number of furan rings is 1. The molecular formula is C21H24N2O2. The van der Waals surface area contributed by atoms with Gasteiger partial charge < -0.3 is 14.3 Å². The lowest BCUT2D eigenvalue weighted by molar-refractivity contribution is -0.121. The van der Waals surface area contributed by atoms with Crippen LogP contribution >= 0.6 is 0 Å². The Hall–Kier alpha value is -2.75. The van der Waals surface area contributed by atoms with E-state index in [0.717, 1.165) is 24.2 Å². The molecule has 1 atom stereocenters. The molecule has 2 heterocycles. The highest BCUT2D eigenvalue weighted by Crippen LogP contribution is 2.23. The fourth-order valence-corrected chi connectivity index (χ4v) is 3.02. The van der Waals surface area contributed by atoms with Crippen molar-refractivity contribution >= 4 is 5.91 Å². The standard InChI is InChI=1S/C21H24N2O2/c1-17-7-4-8-18(15-17)20(23-12-2-3-13-23)16-21(24)22-11-5-9-19-10-6-14-25-19/h2-4,6-8,10,12-15,20H,5,9,11,16H2,1H3,(H,22,24). The van der Waals surface area contributed by atoms with Crippen molar-refractivity contribution in [2.24, 2.45) is 0 Å². The first-order valence-corrected chi connectivity index (χ1v) is 8.70. The van der Waals surface area contributed by atoms with E-state index in [-0.39, 0.29) is 11.9 Å². The van der Waals surface area contributed by atoms with E-state index in [1.54, 1.807) is 6.26 Å². The summed E-state index contributed by atoms with van der Waals surface area (Å²) in [5.74, 6) is 1.03. The number of carbonyl (C=O) groups excluding carboxylic acids is 1. The molecule has 1 N–H and O–H groups in total. The van der Waals surface area contributed by atoms with Crippen molar-refractivity contribution in [2.75, 3.05) is 6.54 Å². The maximum absolute atomic E-state index is 12.4. The van der Waals surface area contributed by atoms with E-state index in [0.29, 0.717) is 13.0 Å². The smallest absolute Gasteiger partial charge is 0.222 e. The summed E-state index contributed by atoms with van der Waals surface area (Å²) in [4.78, 5) is 12.4. The van der Waals surface area contributed by atoms with Gasteiger partial charge in [-0.05, 0) is 43.2 Å². The highest BCUT2D eigenvalue weighted by atomic mass is 16.3. The lowest BCUT2D eigenvalue weighted by atomic mass is 10.0. The van der Waals surface area contributed by atoms with E-state index in [9.17, 15) is 4.79 Å². The Morgan fingerprint density at radius 3 is 2.72 bits per heavy atom. The highest BCUT2D eigenvalue weighted by molar-refractivity contribution is 5.76. The third-order valence-corrected chi connectivity index (χ3v) is 4.30. The number of benzene rings is 1. The summed E-state index contributed by atoms with van der Waals surface area (Å²) in [6.45, 7) is 2.73. The second kappa shape index (κ2) is 8.38. The van der Waals surface area contributed by atoms with Gasteiger partial charge in [0.25, 0.3) is 0 Å². The van der Waals surface area contributed by atoms with E-state index >= 15 is 0 Å². The predicted octanol–water partition coefficient (Wildman–Crippen LogP) is 4.12. The molecule has 1 aromatic carbocycles. The topological polar surface area (TPSA) is 47.2 Å². The number of hydrogen-bond acceptors (Lipinski definition) is 2. The Labute approximate surface area is 148 Å². The van der Waals surface area contributed by atoms with Crippen molar-refractivity contribution < 1.29 is 9.21 Å². The van der Waals surface area contributed by atoms with Gasteiger partial charge in [-0.25, -0.2) is 0 Å². The number of carbonyl (C=O) groups is 1. The second-order valence-corrected chi connectivity index (χ2v) is 6.30. The van der Waals surface area contributed by atoms with E-state index in [1.807, 2.05) is 42.7 Å². The van der Waals surface area contributed by atoms with Crippen molar-refractivity contribution in [3.05, 3.63) is 84.1 Å². The van der Waals surface area contributed by atoms with Crippen molar-refractivity contribution in [2.45, 2.75) is 32.2 Å². The molecule has 2 aromatic heterocycles. The molecule has 4 heteroatoms. The van der Waals surface area contributed by atoms with Gasteiger partial charge in [0.05, 0.1) is 18.7 Å². The first-order valence-electron chi connectivity index (χ1n) is 8.70. The molecule has 0 radical (unpaired) electrons. The van der Waals surface area contributed by atoms with Crippen LogP contribution in [0.25, 0.3) is 0 Å². The number of nitrogens with zero attached hydrogens (tertiary/aromatic N) is 1. The molecule has 3 aromatic rings. The molecule has 0 aliphatic heterocycles. The zero-order valence-corrected chi connectivity index (χ0v) is 14.5. The van der Waals surface area contributed by atoms with E-state index < -0.39 is 0 Å². The summed E-state index contributed by atoms with van der Waals surface area (Å²) in [5, 5.41) is 3.03. The monoisotopic (exact) mass is 336 g/mol. The van der Waals surface area contributed by atoms with Crippen LogP contribution in [0.15, 0.2) is 71.6 Å². The predicted molar refractivity (Wildman–Crippen MR) is 98.4 cm³/mol. The largest absolute Gasteiger partial charge is 0.469 e. The van der Waals surface area contributed by atoms with Crippen LogP contribution in [0.3, 0.4) is 0 Å². The highest BCUT2D eigenvalue weighted by Gasteiger charge is 2.17. The molecule has 4 nitrogen and oxygen atoms in total. The van der Waals surface area contributed by atoms with Gasteiger partial charge in [0, 0.05) is 25.4 Å². The summed E-state index contributed by atoms with van der Waals surface area (Å²) in [6, 6.07) is 16.2. The van der Waals surface area contributed by atoms with Gasteiger partial charge in [0.2, 0.25) is 5.91 Å². The Bertz CT molecular complexity index is 776. The van der Waals surface area contributed by atoms with E-state index in [2.05, 4.69) is 35.0 Å². The van der Waals surface area contributed by atoms with E-state index in [4.69, 9.17) is 4.42 Å². The average molecular weight is 336 g/mol. The molecule has 25 heavy (non-hydrogen) atoms. The number of nitrogens with one attached hydrogen (secondary N) is 1. The summed E-state index contributed by atoms with van der Waals surface area (Å²) < 4.78 is 7.40. The molecule has 0 aliphatic rings. The lowest BCUT2D eigenvalue weighted by Crippen LogP contribution is -2.28. The second-order valence-electron chi connectivity index (χ2n) is 6.30. The van der Waals surface area contributed by atoms with Crippen LogP contribution in [0.5, 0.6) is 0 Å². The maximum Gasteiger partial charge on any atom is 0.222 e. The Morgan fingerprint density at radius 1 is 1.16 bits per heavy atom. The minimum Gasteiger partial charge on any atom is -0.469 e. The summed E-state index contributed by atoms with van der Waals surface area (Å²) in [7, 11) is 0. The molecule has 3 rings (SSSR count). The van der Waals surface area contributed by atoms with Gasteiger partial charge in [-0.2, -0.15) is 0 Å². The zero-order valence-electron chi connectivity index (χ0n) is 14.5. The fourth-order valence-electron chi connectivity index (χ4n) is 3.02. The lowest BCUT2D eigenvalue weighted by Gasteiger charge is -2.20. The minimum atomic E-state index is 0.0139. The SMILES string of the molecule is Cc1cccc(C(CC(=O)NCCCc2ccco2)n2cccc2)c1. The fraction of sp³-hybridized carbons (Fsp3) is 0.286. The number of rotatable bonds is 8. The van der Waals surface area contributed by atoms with Gasteiger partial charge >= 0.3 is 0 Å². The summed E-state index contributed by atoms with van der Waals surface area (Å²) >= 11 is 0. The van der Waals surface area contributed by atoms with Crippen LogP contribution in [-0.2, 0) is 11.2 Å². The molecule has 1 amide bonds. The number of aryl methyl sites for hydroxylation is 2. The maximum atomic E-state index is 12.4. The molecule has 130 valence electrons. The van der Waals surface area contributed by atoms with Gasteiger partial charge in [-0.3, -0.25) is 4.79 Å². The number of amides is 1.